The molecule has 0 saturated carbocycles. The minimum Gasteiger partial charge on any atom is -0.496 e. The van der Waals surface area contributed by atoms with Gasteiger partial charge in [-0.15, -0.1) is 0 Å². The Hall–Kier alpha value is -2.36. The van der Waals surface area contributed by atoms with Gasteiger partial charge in [0.25, 0.3) is 5.56 Å². The predicted molar refractivity (Wildman–Crippen MR) is 97.0 cm³/mol. The number of rotatable bonds is 2. The zero-order chi connectivity index (χ0) is 17.4. The van der Waals surface area contributed by atoms with E-state index < -0.39 is 0 Å². The molecule has 0 saturated heterocycles. The van der Waals surface area contributed by atoms with Crippen LogP contribution in [0.5, 0.6) is 5.75 Å². The first-order valence-electron chi connectivity index (χ1n) is 8.14. The third-order valence-corrected chi connectivity index (χ3v) is 3.24. The first-order chi connectivity index (χ1) is 11.2. The molecule has 0 spiro atoms. The van der Waals surface area contributed by atoms with Crippen LogP contribution in [0.15, 0.2) is 29.1 Å². The Labute approximate surface area is 138 Å². The van der Waals surface area contributed by atoms with Crippen molar-refractivity contribution in [1.82, 2.24) is 9.97 Å². The molecule has 0 amide bonds. The Morgan fingerprint density at radius 1 is 1.17 bits per heavy atom. The monoisotopic (exact) mass is 314 g/mol. The number of aryl methyl sites for hydroxylation is 1. The number of nitrogens with zero attached hydrogens (tertiary/aromatic N) is 1. The average molecular weight is 314 g/mol. The molecular weight excluding hydrogens is 288 g/mol. The molecule has 0 fully saturated rings. The Morgan fingerprint density at radius 3 is 2.52 bits per heavy atom. The van der Waals surface area contributed by atoms with Crippen LogP contribution in [0.3, 0.4) is 0 Å². The van der Waals surface area contributed by atoms with Gasteiger partial charge in [0, 0.05) is 6.42 Å². The summed E-state index contributed by atoms with van der Waals surface area (Å²) in [5.41, 5.74) is 3.29. The molecule has 3 rings (SSSR count). The van der Waals surface area contributed by atoms with E-state index in [1.54, 1.807) is 7.11 Å². The maximum atomic E-state index is 12.0. The normalized spacial score (nSPS) is 10.9. The number of allylic oxidation sites excluding steroid dienone is 1. The topological polar surface area (TPSA) is 55.0 Å². The van der Waals surface area contributed by atoms with Crippen molar-refractivity contribution in [2.24, 2.45) is 0 Å². The van der Waals surface area contributed by atoms with Crippen LogP contribution in [0.4, 0.5) is 0 Å². The van der Waals surface area contributed by atoms with Gasteiger partial charge in [-0.3, -0.25) is 4.79 Å². The van der Waals surface area contributed by atoms with E-state index in [-0.39, 0.29) is 5.56 Å². The first kappa shape index (κ1) is 18.7. The number of methoxy groups -OCH3 is 1. The van der Waals surface area contributed by atoms with Crippen LogP contribution < -0.4 is 10.3 Å². The molecule has 0 bridgehead atoms. The van der Waals surface area contributed by atoms with E-state index in [2.05, 4.69) is 9.97 Å². The molecule has 1 heterocycles. The summed E-state index contributed by atoms with van der Waals surface area (Å²) in [5, 5.41) is 0. The van der Waals surface area contributed by atoms with E-state index in [4.69, 9.17) is 4.74 Å². The van der Waals surface area contributed by atoms with Crippen molar-refractivity contribution in [2.75, 3.05) is 7.11 Å². The number of H-pyrrole nitrogens is 1. The Kier molecular flexibility index (Phi) is 7.26. The number of hydrogen-bond donors (Lipinski definition) is 1. The zero-order valence-corrected chi connectivity index (χ0v) is 14.9. The standard InChI is InChI=1S/C15H14N2O2.2C2H6/c1-9-6-7-13(19-2)11(8-9)14-16-12-5-3-4-10(12)15(18)17-14;2*1-2/h3-4,6-8H,5H2,1-2H3,(H,16,17,18);2*1-2H3. The maximum absolute atomic E-state index is 12.0. The third-order valence-electron chi connectivity index (χ3n) is 3.24. The highest BCUT2D eigenvalue weighted by atomic mass is 16.5. The van der Waals surface area contributed by atoms with E-state index in [0.717, 1.165) is 16.8 Å². The Morgan fingerprint density at radius 2 is 1.87 bits per heavy atom. The van der Waals surface area contributed by atoms with E-state index in [1.807, 2.05) is 65.0 Å². The van der Waals surface area contributed by atoms with Gasteiger partial charge in [0.1, 0.15) is 11.6 Å². The number of nitrogens with one attached hydrogen (secondary N) is 1. The van der Waals surface area contributed by atoms with E-state index in [0.29, 0.717) is 23.6 Å². The third kappa shape index (κ3) is 4.09. The van der Waals surface area contributed by atoms with Gasteiger partial charge in [-0.05, 0) is 19.1 Å². The molecule has 1 aromatic carbocycles. The maximum Gasteiger partial charge on any atom is 0.258 e. The van der Waals surface area contributed by atoms with Crippen LogP contribution in [0.2, 0.25) is 0 Å². The van der Waals surface area contributed by atoms with Crippen LogP contribution in [0.25, 0.3) is 17.5 Å². The number of aromatic nitrogens is 2. The first-order valence-corrected chi connectivity index (χ1v) is 8.14. The fourth-order valence-corrected chi connectivity index (χ4v) is 2.28. The second kappa shape index (κ2) is 8.93. The van der Waals surface area contributed by atoms with Crippen LogP contribution in [-0.2, 0) is 6.42 Å². The summed E-state index contributed by atoms with van der Waals surface area (Å²) >= 11 is 0. The lowest BCUT2D eigenvalue weighted by Crippen LogP contribution is -2.14. The highest BCUT2D eigenvalue weighted by Gasteiger charge is 2.15. The highest BCUT2D eigenvalue weighted by Crippen LogP contribution is 2.28. The summed E-state index contributed by atoms with van der Waals surface area (Å²) in [7, 11) is 1.61. The summed E-state index contributed by atoms with van der Waals surface area (Å²) in [6, 6.07) is 5.82. The summed E-state index contributed by atoms with van der Waals surface area (Å²) in [4.78, 5) is 19.4. The minimum atomic E-state index is -0.0997. The van der Waals surface area contributed by atoms with Crippen LogP contribution in [0.1, 0.15) is 44.5 Å². The van der Waals surface area contributed by atoms with Gasteiger partial charge in [0.15, 0.2) is 0 Å². The zero-order valence-electron chi connectivity index (χ0n) is 14.9. The van der Waals surface area contributed by atoms with Crippen molar-refractivity contribution < 1.29 is 4.74 Å². The number of fused-ring (bicyclic) bond motifs is 1. The largest absolute Gasteiger partial charge is 0.496 e. The smallest absolute Gasteiger partial charge is 0.258 e. The Balaban J connectivity index is 0.000000615. The van der Waals surface area contributed by atoms with Crippen molar-refractivity contribution in [3.05, 3.63) is 51.4 Å². The molecule has 124 valence electrons. The average Bonchev–Trinajstić information content (AvgIpc) is 3.07. The molecule has 2 aromatic rings. The van der Waals surface area contributed by atoms with Gasteiger partial charge < -0.3 is 9.72 Å². The molecule has 0 atom stereocenters. The number of hydrogen-bond acceptors (Lipinski definition) is 3. The Bertz CT molecular complexity index is 731. The quantitative estimate of drug-likeness (QED) is 0.895. The fourth-order valence-electron chi connectivity index (χ4n) is 2.28. The number of benzene rings is 1. The number of aromatic amines is 1. The molecular formula is C19H26N2O2. The summed E-state index contributed by atoms with van der Waals surface area (Å²) in [5.74, 6) is 1.27. The molecule has 4 heteroatoms. The number of ether oxygens (including phenoxy) is 1. The lowest BCUT2D eigenvalue weighted by Gasteiger charge is -2.10. The lowest BCUT2D eigenvalue weighted by molar-refractivity contribution is 0.416. The van der Waals surface area contributed by atoms with Crippen molar-refractivity contribution >= 4 is 6.08 Å². The summed E-state index contributed by atoms with van der Waals surface area (Å²) < 4.78 is 5.34. The fraction of sp³-hybridized carbons (Fsp3) is 0.368. The minimum absolute atomic E-state index is 0.0997. The van der Waals surface area contributed by atoms with Crippen molar-refractivity contribution in [3.63, 3.8) is 0 Å². The van der Waals surface area contributed by atoms with Gasteiger partial charge in [-0.1, -0.05) is 51.5 Å². The van der Waals surface area contributed by atoms with Gasteiger partial charge in [-0.25, -0.2) is 4.98 Å². The molecule has 23 heavy (non-hydrogen) atoms. The highest BCUT2D eigenvalue weighted by molar-refractivity contribution is 5.67. The van der Waals surface area contributed by atoms with E-state index in [1.165, 1.54) is 0 Å². The van der Waals surface area contributed by atoms with E-state index in [9.17, 15) is 4.79 Å². The van der Waals surface area contributed by atoms with Gasteiger partial charge in [-0.2, -0.15) is 0 Å². The second-order valence-electron chi connectivity index (χ2n) is 4.59. The SMILES string of the molecule is CC.CC.COc1ccc(C)cc1-c1nc2c(c(=O)[nH]1)C=CC2. The van der Waals surface area contributed by atoms with Crippen LogP contribution in [-0.4, -0.2) is 17.1 Å². The van der Waals surface area contributed by atoms with Crippen LogP contribution >= 0.6 is 0 Å². The van der Waals surface area contributed by atoms with Crippen molar-refractivity contribution in [2.45, 2.75) is 41.0 Å². The molecule has 0 radical (unpaired) electrons. The molecule has 1 aromatic heterocycles. The predicted octanol–water partition coefficient (Wildman–Crippen LogP) is 4.38. The van der Waals surface area contributed by atoms with Gasteiger partial charge in [0.2, 0.25) is 0 Å². The second-order valence-corrected chi connectivity index (χ2v) is 4.59. The van der Waals surface area contributed by atoms with Gasteiger partial charge >= 0.3 is 0 Å². The molecule has 1 aliphatic carbocycles. The summed E-state index contributed by atoms with van der Waals surface area (Å²) in [6.07, 6.45) is 4.48. The molecule has 1 aliphatic rings. The summed E-state index contributed by atoms with van der Waals surface area (Å²) in [6.45, 7) is 10.00. The van der Waals surface area contributed by atoms with Crippen molar-refractivity contribution in [3.8, 4) is 17.1 Å². The van der Waals surface area contributed by atoms with Crippen LogP contribution in [0, 0.1) is 6.92 Å². The molecule has 0 unspecified atom stereocenters. The molecule has 0 aliphatic heterocycles. The van der Waals surface area contributed by atoms with Gasteiger partial charge in [0.05, 0.1) is 23.9 Å². The molecule has 1 N–H and O–H groups in total. The van der Waals surface area contributed by atoms with E-state index >= 15 is 0 Å². The molecule has 4 nitrogen and oxygen atoms in total. The lowest BCUT2D eigenvalue weighted by atomic mass is 10.1. The van der Waals surface area contributed by atoms with Crippen molar-refractivity contribution in [1.29, 1.82) is 0 Å².